The van der Waals surface area contributed by atoms with Crippen molar-refractivity contribution in [1.29, 1.82) is 0 Å². The van der Waals surface area contributed by atoms with Gasteiger partial charge in [-0.2, -0.15) is 4.98 Å². The van der Waals surface area contributed by atoms with Gasteiger partial charge in [0, 0.05) is 67.3 Å². The topological polar surface area (TPSA) is 101 Å². The number of nitrogens with zero attached hydrogens (tertiary/aromatic N) is 5. The van der Waals surface area contributed by atoms with Crippen LogP contribution >= 0.6 is 0 Å². The zero-order valence-electron chi connectivity index (χ0n) is 20.9. The van der Waals surface area contributed by atoms with Crippen LogP contribution in [0.5, 0.6) is 0 Å². The number of alkyl halides is 1. The van der Waals surface area contributed by atoms with E-state index in [1.54, 1.807) is 35.5 Å². The summed E-state index contributed by atoms with van der Waals surface area (Å²) in [5, 5.41) is 4.14. The predicted molar refractivity (Wildman–Crippen MR) is 140 cm³/mol. The fraction of sp³-hybridized carbons (Fsp3) is 0.480. The van der Waals surface area contributed by atoms with Gasteiger partial charge < -0.3 is 19.9 Å². The van der Waals surface area contributed by atoms with E-state index in [9.17, 15) is 17.2 Å². The van der Waals surface area contributed by atoms with Crippen molar-refractivity contribution in [2.24, 2.45) is 5.92 Å². The summed E-state index contributed by atoms with van der Waals surface area (Å²) in [6.45, 7) is 3.28. The molecule has 12 heteroatoms. The van der Waals surface area contributed by atoms with Gasteiger partial charge in [0.05, 0.1) is 18.4 Å². The van der Waals surface area contributed by atoms with Crippen molar-refractivity contribution < 1.29 is 21.9 Å². The van der Waals surface area contributed by atoms with Crippen molar-refractivity contribution >= 4 is 43.9 Å². The molecular weight excluding hydrogens is 502 g/mol. The number of methoxy groups -OCH3 is 1. The lowest BCUT2D eigenvalue weighted by atomic mass is 9.90. The van der Waals surface area contributed by atoms with Crippen LogP contribution in [0.3, 0.4) is 0 Å². The van der Waals surface area contributed by atoms with Crippen LogP contribution in [-0.4, -0.2) is 80.4 Å². The van der Waals surface area contributed by atoms with E-state index in [2.05, 4.69) is 25.2 Å². The molecule has 198 valence electrons. The first kappa shape index (κ1) is 25.5. The van der Waals surface area contributed by atoms with Gasteiger partial charge >= 0.3 is 0 Å². The number of sulfone groups is 1. The number of rotatable bonds is 7. The van der Waals surface area contributed by atoms with Crippen LogP contribution in [-0.2, 0) is 14.6 Å². The third kappa shape index (κ3) is 5.30. The molecule has 2 saturated heterocycles. The minimum Gasteiger partial charge on any atom is -0.378 e. The Morgan fingerprint density at radius 2 is 1.97 bits per heavy atom. The Labute approximate surface area is 214 Å². The number of hydrogen-bond acceptors (Lipinski definition) is 9. The van der Waals surface area contributed by atoms with Crippen LogP contribution in [0.1, 0.15) is 13.3 Å². The summed E-state index contributed by atoms with van der Waals surface area (Å²) in [4.78, 5) is 17.1. The molecule has 3 aromatic rings. The third-order valence-corrected chi connectivity index (χ3v) is 8.26. The molecule has 0 saturated carbocycles. The van der Waals surface area contributed by atoms with Gasteiger partial charge in [0.25, 0.3) is 0 Å². The first-order valence-corrected chi connectivity index (χ1v) is 14.2. The third-order valence-electron chi connectivity index (χ3n) is 7.22. The number of benzene rings is 1. The number of ether oxygens (including phenoxy) is 1. The molecule has 0 radical (unpaired) electrons. The summed E-state index contributed by atoms with van der Waals surface area (Å²) >= 11 is 0. The Bertz CT molecular complexity index is 1410. The molecule has 37 heavy (non-hydrogen) atoms. The molecule has 0 aliphatic carbocycles. The molecule has 5 rings (SSSR count). The van der Waals surface area contributed by atoms with Crippen molar-refractivity contribution in [2.75, 3.05) is 53.9 Å². The molecule has 1 N–H and O–H groups in total. The average Bonchev–Trinajstić information content (AvgIpc) is 2.87. The van der Waals surface area contributed by atoms with Gasteiger partial charge in [-0.15, -0.1) is 0 Å². The van der Waals surface area contributed by atoms with E-state index in [4.69, 9.17) is 4.74 Å². The van der Waals surface area contributed by atoms with E-state index < -0.39 is 22.1 Å². The minimum atomic E-state index is -3.07. The number of halogens is 2. The van der Waals surface area contributed by atoms with Crippen LogP contribution in [0, 0.1) is 11.7 Å². The largest absolute Gasteiger partial charge is 0.378 e. The number of fused-ring (bicyclic) bond motifs is 1. The highest BCUT2D eigenvalue weighted by molar-refractivity contribution is 7.90. The van der Waals surface area contributed by atoms with Crippen LogP contribution in [0.4, 0.5) is 32.1 Å². The molecule has 1 aromatic carbocycles. The maximum atomic E-state index is 14.8. The summed E-state index contributed by atoms with van der Waals surface area (Å²) in [5.74, 6) is 1.03. The molecular formula is C25H30F2N6O3S. The van der Waals surface area contributed by atoms with E-state index in [0.717, 1.165) is 5.69 Å². The van der Waals surface area contributed by atoms with Gasteiger partial charge in [-0.1, -0.05) is 0 Å². The van der Waals surface area contributed by atoms with Gasteiger partial charge in [0.1, 0.15) is 33.5 Å². The quantitative estimate of drug-likeness (QED) is 0.491. The Morgan fingerprint density at radius 3 is 2.68 bits per heavy atom. The Kier molecular flexibility index (Phi) is 6.88. The summed E-state index contributed by atoms with van der Waals surface area (Å²) in [5.41, 5.74) is 0.817. The second kappa shape index (κ2) is 9.97. The second-order valence-corrected chi connectivity index (χ2v) is 12.0. The van der Waals surface area contributed by atoms with Gasteiger partial charge in [0.15, 0.2) is 0 Å². The van der Waals surface area contributed by atoms with Crippen molar-refractivity contribution in [3.05, 3.63) is 42.5 Å². The minimum absolute atomic E-state index is 0.0125. The fourth-order valence-corrected chi connectivity index (χ4v) is 6.29. The number of anilines is 4. The lowest BCUT2D eigenvalue weighted by molar-refractivity contribution is 0.0194. The number of pyridine rings is 1. The number of hydrogen-bond donors (Lipinski definition) is 1. The van der Waals surface area contributed by atoms with Gasteiger partial charge in [-0.05, 0) is 37.6 Å². The van der Waals surface area contributed by atoms with E-state index in [0.29, 0.717) is 47.9 Å². The maximum Gasteiger partial charge on any atom is 0.227 e. The normalized spacial score (nSPS) is 24.2. The van der Waals surface area contributed by atoms with Gasteiger partial charge in [0.2, 0.25) is 5.95 Å². The van der Waals surface area contributed by atoms with Crippen LogP contribution in [0.15, 0.2) is 36.7 Å². The highest BCUT2D eigenvalue weighted by Gasteiger charge is 2.38. The lowest BCUT2D eigenvalue weighted by Gasteiger charge is -2.48. The summed E-state index contributed by atoms with van der Waals surface area (Å²) in [6.07, 6.45) is 3.42. The standard InChI is InChI=1S/C25H30F2N6O3S/c1-15-16(14-37(3,34)35)12-33(15)21-5-4-19(26)17-10-24(29-11-18(17)21)30-23-6-8-28-25(31-23)32-9-7-22(36-2)20(27)13-32/h4-6,8,10-11,15-16,20,22H,7,9,12-14H2,1-3H3,(H,28,29,30,31)/t15-,16-,20+,22-/m1/s1. The highest BCUT2D eigenvalue weighted by atomic mass is 32.2. The molecule has 4 atom stereocenters. The number of piperidine rings is 1. The van der Waals surface area contributed by atoms with Gasteiger partial charge in [-0.3, -0.25) is 0 Å². The van der Waals surface area contributed by atoms with Gasteiger partial charge in [-0.25, -0.2) is 27.2 Å². The molecule has 0 amide bonds. The monoisotopic (exact) mass is 532 g/mol. The van der Waals surface area contributed by atoms with Crippen LogP contribution in [0.2, 0.25) is 0 Å². The molecule has 2 fully saturated rings. The molecule has 2 aromatic heterocycles. The van der Waals surface area contributed by atoms with Crippen LogP contribution < -0.4 is 15.1 Å². The molecule has 0 spiro atoms. The Hall–Kier alpha value is -3.12. The molecule has 4 heterocycles. The smallest absolute Gasteiger partial charge is 0.227 e. The zero-order valence-corrected chi connectivity index (χ0v) is 21.8. The molecule has 0 bridgehead atoms. The Morgan fingerprint density at radius 1 is 1.16 bits per heavy atom. The van der Waals surface area contributed by atoms with Crippen molar-refractivity contribution in [3.8, 4) is 0 Å². The molecule has 9 nitrogen and oxygen atoms in total. The predicted octanol–water partition coefficient (Wildman–Crippen LogP) is 3.34. The summed E-state index contributed by atoms with van der Waals surface area (Å²) < 4.78 is 57.8. The SMILES string of the molecule is CO[C@@H]1CCN(c2nccc(Nc3cc4c(F)ccc(N5C[C@H](CS(C)(=O)=O)[C@H]5C)c4cn3)n2)C[C@@H]1F. The first-order valence-electron chi connectivity index (χ1n) is 12.2. The molecule has 2 aliphatic heterocycles. The first-order chi connectivity index (χ1) is 17.6. The molecule has 2 aliphatic rings. The van der Waals surface area contributed by atoms with Crippen LogP contribution in [0.25, 0.3) is 10.8 Å². The summed E-state index contributed by atoms with van der Waals surface area (Å²) in [7, 11) is -1.56. The number of aromatic nitrogens is 3. The zero-order chi connectivity index (χ0) is 26.3. The van der Waals surface area contributed by atoms with Crippen molar-refractivity contribution in [3.63, 3.8) is 0 Å². The second-order valence-electron chi connectivity index (χ2n) is 9.82. The average molecular weight is 533 g/mol. The maximum absolute atomic E-state index is 14.8. The fourth-order valence-electron chi connectivity index (χ4n) is 5.13. The van der Waals surface area contributed by atoms with E-state index in [1.807, 2.05) is 6.92 Å². The number of nitrogens with one attached hydrogen (secondary N) is 1. The van der Waals surface area contributed by atoms with E-state index in [-0.39, 0.29) is 30.1 Å². The lowest BCUT2D eigenvalue weighted by Crippen LogP contribution is -2.57. The van der Waals surface area contributed by atoms with Crippen molar-refractivity contribution in [2.45, 2.75) is 31.7 Å². The van der Waals surface area contributed by atoms with E-state index >= 15 is 0 Å². The summed E-state index contributed by atoms with van der Waals surface area (Å²) in [6, 6.07) is 6.42. The highest BCUT2D eigenvalue weighted by Crippen LogP contribution is 2.37. The Balaban J connectivity index is 1.35. The van der Waals surface area contributed by atoms with E-state index in [1.165, 1.54) is 19.4 Å². The van der Waals surface area contributed by atoms with Crippen molar-refractivity contribution in [1.82, 2.24) is 15.0 Å². The molecule has 0 unspecified atom stereocenters.